The van der Waals surface area contributed by atoms with E-state index in [1.807, 2.05) is 0 Å². The van der Waals surface area contributed by atoms with Gasteiger partial charge in [-0.2, -0.15) is 0 Å². The molecule has 1 fully saturated rings. The Morgan fingerprint density at radius 3 is 2.40 bits per heavy atom. The minimum atomic E-state index is -1.18. The molecule has 3 N–H and O–H groups in total. The molecule has 0 aliphatic heterocycles. The number of H-pyrrole nitrogens is 1. The van der Waals surface area contributed by atoms with E-state index in [1.165, 1.54) is 19.2 Å². The predicted octanol–water partition coefficient (Wildman–Crippen LogP) is 1.73. The summed E-state index contributed by atoms with van der Waals surface area (Å²) in [5.74, 6) is -1.63. The largest absolute Gasteiger partial charge is 0.480 e. The highest BCUT2D eigenvalue weighted by Gasteiger charge is 2.41. The first kappa shape index (κ1) is 14.3. The molecule has 1 aliphatic rings. The molecule has 6 nitrogen and oxygen atoms in total. The first-order valence-electron chi connectivity index (χ1n) is 6.70. The van der Waals surface area contributed by atoms with Crippen molar-refractivity contribution in [3.8, 4) is 0 Å². The topological polar surface area (TPSA) is 99.3 Å². The summed E-state index contributed by atoms with van der Waals surface area (Å²) in [7, 11) is 0. The van der Waals surface area contributed by atoms with Gasteiger partial charge in [0, 0.05) is 11.8 Å². The zero-order chi connectivity index (χ0) is 14.8. The highest BCUT2D eigenvalue weighted by atomic mass is 16.4. The number of aromatic nitrogens is 1. The molecule has 0 atom stereocenters. The second-order valence-corrected chi connectivity index (χ2v) is 5.26. The predicted molar refractivity (Wildman–Crippen MR) is 71.7 cm³/mol. The van der Waals surface area contributed by atoms with E-state index in [2.05, 4.69) is 10.3 Å². The molecule has 108 valence electrons. The average molecular weight is 278 g/mol. The molecule has 0 aromatic carbocycles. The minimum Gasteiger partial charge on any atom is -0.480 e. The molecule has 0 unspecified atom stereocenters. The number of carboxylic acid groups (broad SMARTS) is 1. The minimum absolute atomic E-state index is 0.147. The van der Waals surface area contributed by atoms with Crippen molar-refractivity contribution in [2.24, 2.45) is 0 Å². The molecule has 1 aromatic heterocycles. The van der Waals surface area contributed by atoms with Gasteiger partial charge >= 0.3 is 5.97 Å². The lowest BCUT2D eigenvalue weighted by Gasteiger charge is -2.33. The van der Waals surface area contributed by atoms with Crippen LogP contribution in [0.15, 0.2) is 12.3 Å². The number of aliphatic carboxylic acids is 1. The number of hydrogen-bond acceptors (Lipinski definition) is 3. The Morgan fingerprint density at radius 1 is 1.25 bits per heavy atom. The summed E-state index contributed by atoms with van der Waals surface area (Å²) in [6.07, 6.45) is 4.89. The lowest BCUT2D eigenvalue weighted by atomic mass is 9.81. The van der Waals surface area contributed by atoms with Crippen molar-refractivity contribution in [3.05, 3.63) is 23.5 Å². The number of rotatable bonds is 4. The van der Waals surface area contributed by atoms with Crippen LogP contribution in [0, 0.1) is 0 Å². The fourth-order valence-electron chi connectivity index (χ4n) is 2.56. The van der Waals surface area contributed by atoms with Crippen molar-refractivity contribution in [1.29, 1.82) is 0 Å². The number of nitrogens with one attached hydrogen (secondary N) is 2. The number of carbonyl (C=O) groups is 3. The maximum absolute atomic E-state index is 12.1. The summed E-state index contributed by atoms with van der Waals surface area (Å²) in [6, 6.07) is 1.44. The van der Waals surface area contributed by atoms with Gasteiger partial charge in [0.2, 0.25) is 0 Å². The van der Waals surface area contributed by atoms with Crippen LogP contribution in [0.1, 0.15) is 59.9 Å². The van der Waals surface area contributed by atoms with Crippen molar-refractivity contribution < 1.29 is 19.5 Å². The maximum Gasteiger partial charge on any atom is 0.329 e. The van der Waals surface area contributed by atoms with Gasteiger partial charge in [-0.15, -0.1) is 0 Å². The summed E-state index contributed by atoms with van der Waals surface area (Å²) in [6.45, 7) is 1.41. The van der Waals surface area contributed by atoms with Gasteiger partial charge in [0.1, 0.15) is 11.2 Å². The van der Waals surface area contributed by atoms with E-state index in [0.29, 0.717) is 18.4 Å². The molecule has 1 amide bonds. The van der Waals surface area contributed by atoms with Crippen LogP contribution in [0.25, 0.3) is 0 Å². The highest BCUT2D eigenvalue weighted by molar-refractivity contribution is 6.00. The van der Waals surface area contributed by atoms with Crippen molar-refractivity contribution in [1.82, 2.24) is 10.3 Å². The Kier molecular flexibility index (Phi) is 3.92. The normalized spacial score (nSPS) is 17.4. The second-order valence-electron chi connectivity index (χ2n) is 5.26. The number of carbonyl (C=O) groups excluding carboxylic acids is 2. The van der Waals surface area contributed by atoms with E-state index < -0.39 is 17.4 Å². The van der Waals surface area contributed by atoms with Crippen molar-refractivity contribution in [2.45, 2.75) is 44.6 Å². The summed E-state index contributed by atoms with van der Waals surface area (Å²) >= 11 is 0. The monoisotopic (exact) mass is 278 g/mol. The van der Waals surface area contributed by atoms with Gasteiger partial charge in [-0.3, -0.25) is 9.59 Å². The van der Waals surface area contributed by atoms with Gasteiger partial charge in [0.05, 0.1) is 0 Å². The summed E-state index contributed by atoms with van der Waals surface area (Å²) < 4.78 is 0. The lowest BCUT2D eigenvalue weighted by Crippen LogP contribution is -2.55. The molecule has 6 heteroatoms. The van der Waals surface area contributed by atoms with Crippen LogP contribution in [-0.4, -0.2) is 33.3 Å². The molecule has 1 aliphatic carbocycles. The lowest BCUT2D eigenvalue weighted by molar-refractivity contribution is -0.145. The van der Waals surface area contributed by atoms with E-state index in [-0.39, 0.29) is 11.5 Å². The van der Waals surface area contributed by atoms with E-state index >= 15 is 0 Å². The van der Waals surface area contributed by atoms with Crippen molar-refractivity contribution >= 4 is 17.7 Å². The quantitative estimate of drug-likeness (QED) is 0.730. The van der Waals surface area contributed by atoms with E-state index in [1.54, 1.807) is 0 Å². The SMILES string of the molecule is CC(=O)c1c[nH]c(C(=O)NC2(C(=O)O)CCCCC2)c1. The summed E-state index contributed by atoms with van der Waals surface area (Å²) in [5, 5.41) is 12.0. The molecule has 0 saturated heterocycles. The Hall–Kier alpha value is -2.11. The molecule has 1 heterocycles. The Labute approximate surface area is 116 Å². The molecule has 1 aromatic rings. The Balaban J connectivity index is 2.15. The third-order valence-corrected chi connectivity index (χ3v) is 3.80. The number of amides is 1. The fraction of sp³-hybridized carbons (Fsp3) is 0.500. The number of ketones is 1. The van der Waals surface area contributed by atoms with Gasteiger partial charge < -0.3 is 15.4 Å². The van der Waals surface area contributed by atoms with Crippen LogP contribution in [0.4, 0.5) is 0 Å². The summed E-state index contributed by atoms with van der Waals surface area (Å²) in [4.78, 5) is 37.5. The van der Waals surface area contributed by atoms with Crippen LogP contribution >= 0.6 is 0 Å². The van der Waals surface area contributed by atoms with Crippen LogP contribution in [0.5, 0.6) is 0 Å². The van der Waals surface area contributed by atoms with Crippen LogP contribution in [0.2, 0.25) is 0 Å². The van der Waals surface area contributed by atoms with Crippen molar-refractivity contribution in [3.63, 3.8) is 0 Å². The molecular formula is C14H18N2O4. The van der Waals surface area contributed by atoms with Gasteiger partial charge in [0.25, 0.3) is 5.91 Å². The third-order valence-electron chi connectivity index (χ3n) is 3.80. The molecule has 2 rings (SSSR count). The van der Waals surface area contributed by atoms with Crippen LogP contribution in [0.3, 0.4) is 0 Å². The van der Waals surface area contributed by atoms with E-state index in [4.69, 9.17) is 0 Å². The number of aromatic amines is 1. The van der Waals surface area contributed by atoms with Gasteiger partial charge in [0.15, 0.2) is 5.78 Å². The van der Waals surface area contributed by atoms with Crippen LogP contribution in [-0.2, 0) is 4.79 Å². The zero-order valence-corrected chi connectivity index (χ0v) is 11.4. The standard InChI is InChI=1S/C14H18N2O4/c1-9(17)10-7-11(15-8-10)12(18)16-14(13(19)20)5-3-2-4-6-14/h7-8,15H,2-6H2,1H3,(H,16,18)(H,19,20). The van der Waals surface area contributed by atoms with Gasteiger partial charge in [-0.1, -0.05) is 19.3 Å². The maximum atomic E-state index is 12.1. The Bertz CT molecular complexity index is 541. The fourth-order valence-corrected chi connectivity index (χ4v) is 2.56. The van der Waals surface area contributed by atoms with Gasteiger partial charge in [-0.25, -0.2) is 4.79 Å². The number of Topliss-reactive ketones (excluding diaryl/α,β-unsaturated/α-hetero) is 1. The molecule has 0 bridgehead atoms. The molecule has 1 saturated carbocycles. The first-order chi connectivity index (χ1) is 9.44. The number of hydrogen-bond donors (Lipinski definition) is 3. The molecule has 0 spiro atoms. The first-order valence-corrected chi connectivity index (χ1v) is 6.70. The average Bonchev–Trinajstić information content (AvgIpc) is 2.89. The number of carboxylic acids is 1. The van der Waals surface area contributed by atoms with Gasteiger partial charge in [-0.05, 0) is 25.8 Å². The van der Waals surface area contributed by atoms with Crippen molar-refractivity contribution in [2.75, 3.05) is 0 Å². The second kappa shape index (κ2) is 5.48. The summed E-state index contributed by atoms with van der Waals surface area (Å²) in [5.41, 5.74) is -0.568. The molecule has 0 radical (unpaired) electrons. The van der Waals surface area contributed by atoms with E-state index in [9.17, 15) is 19.5 Å². The smallest absolute Gasteiger partial charge is 0.329 e. The Morgan fingerprint density at radius 2 is 1.90 bits per heavy atom. The molecule has 20 heavy (non-hydrogen) atoms. The van der Waals surface area contributed by atoms with Crippen LogP contribution < -0.4 is 5.32 Å². The van der Waals surface area contributed by atoms with E-state index in [0.717, 1.165) is 19.3 Å². The molecular weight excluding hydrogens is 260 g/mol. The zero-order valence-electron chi connectivity index (χ0n) is 11.4. The highest BCUT2D eigenvalue weighted by Crippen LogP contribution is 2.28. The third kappa shape index (κ3) is 2.74.